The van der Waals surface area contributed by atoms with Gasteiger partial charge in [-0.25, -0.2) is 16.8 Å². The van der Waals surface area contributed by atoms with Crippen LogP contribution in [0.2, 0.25) is 0 Å². The predicted molar refractivity (Wildman–Crippen MR) is 102 cm³/mol. The summed E-state index contributed by atoms with van der Waals surface area (Å²) in [4.78, 5) is 10.5. The number of carbonyl (C=O) groups excluding carboxylic acids is 1. The van der Waals surface area contributed by atoms with Crippen LogP contribution in [0.4, 0.5) is 26.3 Å². The van der Waals surface area contributed by atoms with Crippen molar-refractivity contribution in [2.45, 2.75) is 17.9 Å². The first-order valence-electron chi connectivity index (χ1n) is 6.03. The zero-order valence-electron chi connectivity index (χ0n) is 17.2. The Balaban J connectivity index is -0.0000000442. The Hall–Kier alpha value is -1.47. The molecule has 0 saturated carbocycles. The van der Waals surface area contributed by atoms with Crippen molar-refractivity contribution in [1.29, 1.82) is 0 Å². The van der Waals surface area contributed by atoms with Gasteiger partial charge in [-0.15, -0.1) is 0 Å². The molecule has 0 aromatic carbocycles. The minimum absolute atomic E-state index is 0. The number of alkyl halides is 6. The summed E-state index contributed by atoms with van der Waals surface area (Å²) in [5.74, 6) is 0.0776. The van der Waals surface area contributed by atoms with E-state index in [2.05, 4.69) is 0 Å². The van der Waals surface area contributed by atoms with Crippen molar-refractivity contribution in [2.24, 2.45) is 7.05 Å². The Morgan fingerprint density at radius 1 is 0.879 bits per heavy atom. The average Bonchev–Trinajstić information content (AvgIpc) is 2.79. The summed E-state index contributed by atoms with van der Waals surface area (Å²) >= 11 is 0. The molecule has 1 rings (SSSR count). The molecular formula is C11H26F6N6O7OsS2. The van der Waals surface area contributed by atoms with Crippen molar-refractivity contribution in [3.05, 3.63) is 30.1 Å². The van der Waals surface area contributed by atoms with Gasteiger partial charge >= 0.3 is 30.8 Å². The third-order valence-corrected chi connectivity index (χ3v) is 3.07. The van der Waals surface area contributed by atoms with E-state index < -0.39 is 31.3 Å². The van der Waals surface area contributed by atoms with E-state index >= 15 is 0 Å². The van der Waals surface area contributed by atoms with E-state index in [0.29, 0.717) is 0 Å². The van der Waals surface area contributed by atoms with Crippen LogP contribution in [-0.2, 0) is 51.9 Å². The first-order valence-corrected chi connectivity index (χ1v) is 8.85. The van der Waals surface area contributed by atoms with E-state index in [0.717, 1.165) is 5.56 Å². The van der Waals surface area contributed by atoms with Crippen LogP contribution in [0.3, 0.4) is 0 Å². The largest absolute Gasteiger partial charge is 2.00 e. The predicted octanol–water partition coefficient (Wildman–Crippen LogP) is 2.54. The zero-order chi connectivity index (χ0) is 22.3. The van der Waals surface area contributed by atoms with Gasteiger partial charge in [-0.2, -0.15) is 26.3 Å². The number of allylic oxidation sites excluding steroid dienone is 1. The van der Waals surface area contributed by atoms with Crippen molar-refractivity contribution in [3.8, 4) is 0 Å². The summed E-state index contributed by atoms with van der Waals surface area (Å²) < 4.78 is 120. The summed E-state index contributed by atoms with van der Waals surface area (Å²) in [5, 5.41) is 0. The third kappa shape index (κ3) is 26.7. The van der Waals surface area contributed by atoms with Crippen LogP contribution in [0.25, 0.3) is 6.08 Å². The van der Waals surface area contributed by atoms with Gasteiger partial charge in [0.2, 0.25) is 0 Å². The van der Waals surface area contributed by atoms with Crippen molar-refractivity contribution in [2.75, 3.05) is 0 Å². The molecule has 0 fully saturated rings. The molecule has 0 bridgehead atoms. The monoisotopic (exact) mass is 724 g/mol. The van der Waals surface area contributed by atoms with Gasteiger partial charge in [-0.05, 0) is 30.7 Å². The van der Waals surface area contributed by atoms with Crippen molar-refractivity contribution in [1.82, 2.24) is 35.3 Å². The van der Waals surface area contributed by atoms with Crippen LogP contribution < -0.4 is 30.8 Å². The number of hydrogen-bond acceptors (Lipinski definition) is 12. The van der Waals surface area contributed by atoms with Gasteiger partial charge in [0.1, 0.15) is 0 Å². The molecule has 204 valence electrons. The van der Waals surface area contributed by atoms with E-state index in [1.54, 1.807) is 13.0 Å². The second kappa shape index (κ2) is 19.9. The fraction of sp³-hybridized carbons (Fsp3) is 0.364. The topological polar surface area (TPSA) is 311 Å². The Labute approximate surface area is 199 Å². The molecule has 1 aromatic heterocycles. The number of aromatic nitrogens is 1. The molecule has 0 amide bonds. The number of halogens is 6. The molecule has 13 nitrogen and oxygen atoms in total. The number of nitrogens with zero attached hydrogens (tertiary/aromatic N) is 1. The molecule has 0 atom stereocenters. The summed E-state index contributed by atoms with van der Waals surface area (Å²) in [6.07, 6.45) is 7.27. The Morgan fingerprint density at radius 2 is 1.15 bits per heavy atom. The minimum atomic E-state index is -6.09. The first kappa shape index (κ1) is 53.1. The van der Waals surface area contributed by atoms with Gasteiger partial charge in [0, 0.05) is 19.4 Å². The Morgan fingerprint density at radius 3 is 1.30 bits per heavy atom. The van der Waals surface area contributed by atoms with Crippen molar-refractivity contribution < 1.29 is 76.9 Å². The van der Waals surface area contributed by atoms with Crippen LogP contribution in [0.15, 0.2) is 24.5 Å². The summed E-state index contributed by atoms with van der Waals surface area (Å²) in [6, 6.07) is 1.96. The maximum absolute atomic E-state index is 10.7. The molecule has 0 aliphatic carbocycles. The van der Waals surface area contributed by atoms with E-state index in [9.17, 15) is 31.1 Å². The summed E-state index contributed by atoms with van der Waals surface area (Å²) in [6.45, 7) is 1.54. The molecular weight excluding hydrogens is 697 g/mol. The third-order valence-electron chi connectivity index (χ3n) is 1.93. The van der Waals surface area contributed by atoms with E-state index in [1.807, 2.05) is 36.2 Å². The Bertz CT molecular complexity index is 831. The SMILES string of the molecule is CC(=O)/C=C/c1ccn(C)c1.N.N.N.N.N.O=S(=O)([O-])C(F)(F)F.O=S(=O)([O-])C(F)(F)F.[Os+2]. The molecule has 0 aliphatic rings. The molecule has 15 N–H and O–H groups in total. The molecule has 0 radical (unpaired) electrons. The normalized spacial score (nSPS) is 10.4. The quantitative estimate of drug-likeness (QED) is 0.127. The maximum Gasteiger partial charge on any atom is 2.00 e. The van der Waals surface area contributed by atoms with Gasteiger partial charge in [0.05, 0.1) is 0 Å². The van der Waals surface area contributed by atoms with Gasteiger partial charge in [0.25, 0.3) is 0 Å². The van der Waals surface area contributed by atoms with Crippen LogP contribution in [-0.4, -0.2) is 47.3 Å². The van der Waals surface area contributed by atoms with Crippen LogP contribution in [0.5, 0.6) is 0 Å². The van der Waals surface area contributed by atoms with Gasteiger partial charge in [-0.1, -0.05) is 0 Å². The summed E-state index contributed by atoms with van der Waals surface area (Å²) in [5.41, 5.74) is -10.2. The molecule has 1 aromatic rings. The molecule has 0 saturated heterocycles. The number of aryl methyl sites for hydroxylation is 1. The molecule has 1 heterocycles. The first-order chi connectivity index (χ1) is 11.7. The maximum atomic E-state index is 10.7. The second-order valence-corrected chi connectivity index (χ2v) is 7.10. The molecule has 0 aliphatic heterocycles. The summed E-state index contributed by atoms with van der Waals surface area (Å²) in [7, 11) is -10.2. The average molecular weight is 723 g/mol. The molecule has 0 unspecified atom stereocenters. The van der Waals surface area contributed by atoms with E-state index in [-0.39, 0.29) is 56.3 Å². The van der Waals surface area contributed by atoms with Crippen LogP contribution in [0, 0.1) is 0 Å². The zero-order valence-corrected chi connectivity index (χ0v) is 21.3. The van der Waals surface area contributed by atoms with Crippen LogP contribution >= 0.6 is 0 Å². The standard InChI is InChI=1S/C9H11NO.2CHF3O3S.5H3N.Os/c1-8(11)3-4-9-5-6-10(2)7-9;2*2-1(3,4)8(5,6)7;;;;;;/h3-7H,1-2H3;2*(H,5,6,7);5*1H3;/q;;;;;;;;+2/p-2/b4-3+;;;;;;;;. The van der Waals surface area contributed by atoms with E-state index in [1.165, 1.54) is 0 Å². The molecule has 0 spiro atoms. The minimum Gasteiger partial charge on any atom is -0.741 e. The number of hydrogen-bond donors (Lipinski definition) is 5. The fourth-order valence-corrected chi connectivity index (χ4v) is 0.837. The number of rotatable bonds is 2. The van der Waals surface area contributed by atoms with Gasteiger partial charge in [-0.3, -0.25) is 4.79 Å². The smallest absolute Gasteiger partial charge is 0.741 e. The van der Waals surface area contributed by atoms with Gasteiger partial charge in [0.15, 0.2) is 26.0 Å². The molecule has 22 heteroatoms. The fourth-order valence-electron chi connectivity index (χ4n) is 0.837. The van der Waals surface area contributed by atoms with Crippen LogP contribution in [0.1, 0.15) is 12.5 Å². The Kier molecular flexibility index (Phi) is 32.1. The van der Waals surface area contributed by atoms with E-state index in [4.69, 9.17) is 25.9 Å². The number of ketones is 1. The van der Waals surface area contributed by atoms with Gasteiger partial charge < -0.3 is 44.4 Å². The van der Waals surface area contributed by atoms with Crippen molar-refractivity contribution >= 4 is 32.1 Å². The van der Waals surface area contributed by atoms with Crippen molar-refractivity contribution in [3.63, 3.8) is 0 Å². The molecule has 33 heavy (non-hydrogen) atoms. The number of carbonyl (C=O) groups is 1. The second-order valence-electron chi connectivity index (χ2n) is 4.35.